The van der Waals surface area contributed by atoms with Gasteiger partial charge in [0.25, 0.3) is 5.69 Å². The van der Waals surface area contributed by atoms with Gasteiger partial charge in [-0.1, -0.05) is 11.6 Å². The molecule has 0 bridgehead atoms. The first kappa shape index (κ1) is 10.9. The van der Waals surface area contributed by atoms with Crippen molar-refractivity contribution in [1.29, 1.82) is 5.26 Å². The van der Waals surface area contributed by atoms with Crippen molar-refractivity contribution in [3.05, 3.63) is 38.4 Å². The zero-order chi connectivity index (χ0) is 11.6. The summed E-state index contributed by atoms with van der Waals surface area (Å²) in [7, 11) is 0. The molecule has 0 aliphatic carbocycles. The van der Waals surface area contributed by atoms with Gasteiger partial charge in [0, 0.05) is 6.07 Å². The van der Waals surface area contributed by atoms with Crippen molar-refractivity contribution in [2.45, 2.75) is 0 Å². The Balaban J connectivity index is 3.55. The van der Waals surface area contributed by atoms with E-state index in [0.717, 1.165) is 12.1 Å². The molecule has 1 aromatic rings. The number of hydrogen-bond acceptors (Lipinski definition) is 4. The Labute approximate surface area is 88.5 Å². The average Bonchev–Trinajstić information content (AvgIpc) is 2.16. The first-order chi connectivity index (χ1) is 6.99. The van der Waals surface area contributed by atoms with E-state index in [-0.39, 0.29) is 5.56 Å². The van der Waals surface area contributed by atoms with Crippen LogP contribution in [-0.4, -0.2) is 16.0 Å². The zero-order valence-electron chi connectivity index (χ0n) is 7.10. The largest absolute Gasteiger partial charge is 0.478 e. The molecule has 0 aliphatic rings. The number of nitrogens with zero attached hydrogens (tertiary/aromatic N) is 2. The molecule has 6 nitrogen and oxygen atoms in total. The van der Waals surface area contributed by atoms with E-state index in [1.807, 2.05) is 0 Å². The van der Waals surface area contributed by atoms with E-state index in [1.54, 1.807) is 0 Å². The first-order valence-electron chi connectivity index (χ1n) is 3.59. The van der Waals surface area contributed by atoms with Crippen LogP contribution in [0.3, 0.4) is 0 Å². The van der Waals surface area contributed by atoms with Crippen LogP contribution >= 0.6 is 11.6 Å². The molecule has 0 radical (unpaired) electrons. The molecule has 0 aliphatic heterocycles. The van der Waals surface area contributed by atoms with Crippen LogP contribution in [0.5, 0.6) is 0 Å². The molecular formula is C8H3ClN2O4. The monoisotopic (exact) mass is 226 g/mol. The summed E-state index contributed by atoms with van der Waals surface area (Å²) >= 11 is 5.55. The minimum Gasteiger partial charge on any atom is -0.478 e. The van der Waals surface area contributed by atoms with Crippen molar-refractivity contribution in [2.24, 2.45) is 0 Å². The van der Waals surface area contributed by atoms with E-state index >= 15 is 0 Å². The third-order valence-electron chi connectivity index (χ3n) is 1.66. The smallest absolute Gasteiger partial charge is 0.337 e. The van der Waals surface area contributed by atoms with E-state index in [1.165, 1.54) is 6.07 Å². The molecular weight excluding hydrogens is 224 g/mol. The minimum absolute atomic E-state index is 0.334. The summed E-state index contributed by atoms with van der Waals surface area (Å²) in [6.45, 7) is 0. The minimum atomic E-state index is -1.34. The van der Waals surface area contributed by atoms with Gasteiger partial charge in [0.15, 0.2) is 0 Å². The molecule has 15 heavy (non-hydrogen) atoms. The lowest BCUT2D eigenvalue weighted by Gasteiger charge is -2.00. The Morgan fingerprint density at radius 1 is 1.60 bits per heavy atom. The van der Waals surface area contributed by atoms with Crippen LogP contribution in [-0.2, 0) is 0 Å². The molecule has 0 amide bonds. The van der Waals surface area contributed by atoms with Gasteiger partial charge in [-0.15, -0.1) is 0 Å². The van der Waals surface area contributed by atoms with E-state index in [9.17, 15) is 14.9 Å². The third kappa shape index (κ3) is 1.87. The normalized spacial score (nSPS) is 9.33. The molecule has 0 aromatic heterocycles. The number of nitriles is 1. The van der Waals surface area contributed by atoms with Crippen molar-refractivity contribution in [3.63, 3.8) is 0 Å². The van der Waals surface area contributed by atoms with E-state index in [2.05, 4.69) is 0 Å². The molecule has 7 heteroatoms. The maximum Gasteiger partial charge on any atom is 0.337 e. The van der Waals surface area contributed by atoms with Gasteiger partial charge in [0.05, 0.1) is 15.5 Å². The predicted octanol–water partition coefficient (Wildman–Crippen LogP) is 1.82. The quantitative estimate of drug-likeness (QED) is 0.612. The number of hydrogen-bond donors (Lipinski definition) is 1. The number of carbonyl (C=O) groups is 1. The number of carboxylic acid groups (broad SMARTS) is 1. The summed E-state index contributed by atoms with van der Waals surface area (Å²) < 4.78 is 0. The Bertz CT molecular complexity index is 492. The van der Waals surface area contributed by atoms with Crippen LogP contribution < -0.4 is 0 Å². The zero-order valence-corrected chi connectivity index (χ0v) is 7.85. The Morgan fingerprint density at radius 3 is 2.60 bits per heavy atom. The Hall–Kier alpha value is -2.13. The van der Waals surface area contributed by atoms with Gasteiger partial charge in [0.2, 0.25) is 0 Å². The first-order valence-corrected chi connectivity index (χ1v) is 3.97. The van der Waals surface area contributed by atoms with Crippen LogP contribution in [0.15, 0.2) is 12.1 Å². The summed E-state index contributed by atoms with van der Waals surface area (Å²) in [6, 6.07) is 3.43. The molecule has 0 atom stereocenters. The van der Waals surface area contributed by atoms with Crippen LogP contribution in [0.2, 0.25) is 5.02 Å². The van der Waals surface area contributed by atoms with Gasteiger partial charge in [-0.3, -0.25) is 10.1 Å². The second kappa shape index (κ2) is 3.94. The standard InChI is InChI=1S/C8H3ClN2O4/c9-7-4(8(12)13)1-2-6(11(14)15)5(7)3-10/h1-2H,(H,12,13). The lowest BCUT2D eigenvalue weighted by Crippen LogP contribution is -2.01. The van der Waals surface area contributed by atoms with Crippen molar-refractivity contribution in [2.75, 3.05) is 0 Å². The van der Waals surface area contributed by atoms with Gasteiger partial charge in [0.1, 0.15) is 11.6 Å². The fourth-order valence-corrected chi connectivity index (χ4v) is 1.27. The molecule has 76 valence electrons. The number of aromatic carboxylic acids is 1. The summed E-state index contributed by atoms with van der Waals surface area (Å²) in [5.41, 5.74) is -1.28. The van der Waals surface area contributed by atoms with Crippen LogP contribution in [0.25, 0.3) is 0 Å². The molecule has 0 saturated carbocycles. The molecule has 0 spiro atoms. The molecule has 0 saturated heterocycles. The van der Waals surface area contributed by atoms with E-state index < -0.39 is 27.2 Å². The Morgan fingerprint density at radius 2 is 2.20 bits per heavy atom. The molecule has 1 aromatic carbocycles. The number of benzene rings is 1. The van der Waals surface area contributed by atoms with Gasteiger partial charge >= 0.3 is 5.97 Å². The number of halogens is 1. The summed E-state index contributed by atoms with van der Waals surface area (Å²) in [6.07, 6.45) is 0. The second-order valence-corrected chi connectivity index (χ2v) is 2.87. The topological polar surface area (TPSA) is 104 Å². The summed E-state index contributed by atoms with van der Waals surface area (Å²) in [5.74, 6) is -1.34. The van der Waals surface area contributed by atoms with Crippen LogP contribution in [0, 0.1) is 21.4 Å². The highest BCUT2D eigenvalue weighted by Crippen LogP contribution is 2.28. The highest BCUT2D eigenvalue weighted by atomic mass is 35.5. The second-order valence-electron chi connectivity index (χ2n) is 2.50. The molecule has 0 fully saturated rings. The SMILES string of the molecule is N#Cc1c([N+](=O)[O-])ccc(C(=O)O)c1Cl. The van der Waals surface area contributed by atoms with Gasteiger partial charge < -0.3 is 5.11 Å². The van der Waals surface area contributed by atoms with Crippen molar-refractivity contribution in [3.8, 4) is 6.07 Å². The fourth-order valence-electron chi connectivity index (χ4n) is 0.990. The highest BCUT2D eigenvalue weighted by molar-refractivity contribution is 6.35. The van der Waals surface area contributed by atoms with Gasteiger partial charge in [-0.05, 0) is 6.07 Å². The van der Waals surface area contributed by atoms with Gasteiger partial charge in [-0.25, -0.2) is 4.79 Å². The summed E-state index contributed by atoms with van der Waals surface area (Å²) in [4.78, 5) is 20.3. The number of carboxylic acids is 1. The number of rotatable bonds is 2. The molecule has 0 heterocycles. The van der Waals surface area contributed by atoms with Crippen LogP contribution in [0.4, 0.5) is 5.69 Å². The van der Waals surface area contributed by atoms with Crippen molar-refractivity contribution in [1.82, 2.24) is 0 Å². The molecule has 1 N–H and O–H groups in total. The molecule has 1 rings (SSSR count). The van der Waals surface area contributed by atoms with Gasteiger partial charge in [-0.2, -0.15) is 5.26 Å². The highest BCUT2D eigenvalue weighted by Gasteiger charge is 2.22. The third-order valence-corrected chi connectivity index (χ3v) is 2.05. The van der Waals surface area contributed by atoms with Crippen molar-refractivity contribution < 1.29 is 14.8 Å². The predicted molar refractivity (Wildman–Crippen MR) is 49.8 cm³/mol. The maximum absolute atomic E-state index is 10.6. The number of nitro groups is 1. The van der Waals surface area contributed by atoms with Crippen LogP contribution in [0.1, 0.15) is 15.9 Å². The molecule has 0 unspecified atom stereocenters. The summed E-state index contributed by atoms with van der Waals surface area (Å²) in [5, 5.41) is 27.3. The fraction of sp³-hybridized carbons (Fsp3) is 0. The maximum atomic E-state index is 10.6. The Kier molecular flexibility index (Phi) is 2.87. The van der Waals surface area contributed by atoms with E-state index in [4.69, 9.17) is 22.0 Å². The number of nitro benzene ring substituents is 1. The average molecular weight is 227 g/mol. The van der Waals surface area contributed by atoms with E-state index in [0.29, 0.717) is 0 Å². The lowest BCUT2D eigenvalue weighted by molar-refractivity contribution is -0.385. The lowest BCUT2D eigenvalue weighted by atomic mass is 10.1. The van der Waals surface area contributed by atoms with Crippen molar-refractivity contribution >= 4 is 23.3 Å².